The van der Waals surface area contributed by atoms with Crippen molar-refractivity contribution in [1.82, 2.24) is 31.1 Å². The minimum Gasteiger partial charge on any atom is -0.493 e. The molecule has 0 aromatic heterocycles. The van der Waals surface area contributed by atoms with Crippen molar-refractivity contribution in [2.24, 2.45) is 0 Å². The average Bonchev–Trinajstić information content (AvgIpc) is 3.70. The number of nitrogens with one attached hydrogen (secondary N) is 4. The standard InChI is InChI=1S/C20H30N2O4.C16H20N4O5.C6H12.C3H8/c1-3-16-10-17(12-18(11-16)26-9-5-8-23)13-19(24)21-14-20(25)22-7-4-6-15(22)2;1-20(2)16(25)14(11-6-4-3-5-7-11)19-13(23)9-18-15(24)12(22)8-17-10-21;1-2-4-6-5-3-1;1-3-2/h10-12,15,23H,3-9,13-14H2,1-2H3,(H,21,24);3-7,10,14H,8-9H2,1-2H3,(H,17,21)(H,18,24)(H,19,23);1-6H2;3H2,1-2H3. The fourth-order valence-electron chi connectivity index (χ4n) is 6.14. The van der Waals surface area contributed by atoms with E-state index in [9.17, 15) is 33.6 Å². The lowest BCUT2D eigenvalue weighted by atomic mass is 10.0. The van der Waals surface area contributed by atoms with Crippen LogP contribution in [-0.4, -0.2) is 116 Å². The molecule has 0 bridgehead atoms. The van der Waals surface area contributed by atoms with Gasteiger partial charge in [-0.05, 0) is 55.0 Å². The quantitative estimate of drug-likeness (QED) is 0.0841. The van der Waals surface area contributed by atoms with E-state index in [4.69, 9.17) is 9.84 Å². The van der Waals surface area contributed by atoms with E-state index in [1.54, 1.807) is 44.4 Å². The first-order chi connectivity index (χ1) is 28.8. The number of ether oxygens (including phenoxy) is 1. The van der Waals surface area contributed by atoms with Gasteiger partial charge < -0.3 is 40.9 Å². The van der Waals surface area contributed by atoms with E-state index in [1.807, 2.05) is 36.9 Å². The molecule has 4 rings (SSSR count). The lowest BCUT2D eigenvalue weighted by molar-refractivity contribution is -0.138. The van der Waals surface area contributed by atoms with Gasteiger partial charge in [-0.1, -0.05) is 102 Å². The number of Topliss-reactive ketones (excluding diaryl/α,β-unsaturated/α-hetero) is 1. The van der Waals surface area contributed by atoms with Crippen LogP contribution in [0.3, 0.4) is 0 Å². The molecular weight excluding hydrogens is 769 g/mol. The van der Waals surface area contributed by atoms with Crippen LogP contribution in [0.5, 0.6) is 5.75 Å². The van der Waals surface area contributed by atoms with Gasteiger partial charge in [-0.15, -0.1) is 0 Å². The van der Waals surface area contributed by atoms with Gasteiger partial charge in [0, 0.05) is 39.7 Å². The smallest absolute Gasteiger partial charge is 0.289 e. The third-order valence-electron chi connectivity index (χ3n) is 9.31. The predicted molar refractivity (Wildman–Crippen MR) is 232 cm³/mol. The summed E-state index contributed by atoms with van der Waals surface area (Å²) in [4.78, 5) is 84.8. The minimum atomic E-state index is -1.00. The Morgan fingerprint density at radius 1 is 0.850 bits per heavy atom. The summed E-state index contributed by atoms with van der Waals surface area (Å²) in [5, 5.41) is 18.3. The van der Waals surface area contributed by atoms with Crippen LogP contribution < -0.4 is 26.0 Å². The summed E-state index contributed by atoms with van der Waals surface area (Å²) < 4.78 is 5.64. The highest BCUT2D eigenvalue weighted by atomic mass is 16.5. The molecule has 2 fully saturated rings. The maximum atomic E-state index is 12.3. The number of carbonyl (C=O) groups is 7. The summed E-state index contributed by atoms with van der Waals surface area (Å²) in [6.45, 7) is 8.77. The number of hydrogen-bond donors (Lipinski definition) is 5. The molecule has 2 aromatic carbocycles. The van der Waals surface area contributed by atoms with E-state index < -0.39 is 36.7 Å². The number of nitrogens with zero attached hydrogens (tertiary/aromatic N) is 2. The zero-order valence-electron chi connectivity index (χ0n) is 36.7. The number of rotatable bonds is 18. The number of aliphatic hydroxyl groups excluding tert-OH is 1. The number of hydrogen-bond acceptors (Lipinski definition) is 9. The molecule has 1 aliphatic carbocycles. The number of likely N-dealkylation sites (N-methyl/N-ethyl adjacent to an activating group) is 1. The highest BCUT2D eigenvalue weighted by Gasteiger charge is 2.26. The highest BCUT2D eigenvalue weighted by molar-refractivity contribution is 6.37. The summed E-state index contributed by atoms with van der Waals surface area (Å²) in [6, 6.07) is 13.8. The Bertz CT molecular complexity index is 1590. The molecule has 15 nitrogen and oxygen atoms in total. The molecule has 334 valence electrons. The van der Waals surface area contributed by atoms with Gasteiger partial charge in [-0.3, -0.25) is 33.6 Å². The van der Waals surface area contributed by atoms with Crippen LogP contribution in [0.15, 0.2) is 48.5 Å². The van der Waals surface area contributed by atoms with Gasteiger partial charge in [0.2, 0.25) is 35.8 Å². The van der Waals surface area contributed by atoms with Gasteiger partial charge in [0.05, 0.1) is 32.7 Å². The molecule has 0 radical (unpaired) electrons. The molecule has 1 heterocycles. The number of ketones is 1. The maximum Gasteiger partial charge on any atom is 0.289 e. The van der Waals surface area contributed by atoms with E-state index in [0.717, 1.165) is 36.9 Å². The molecule has 2 aromatic rings. The van der Waals surface area contributed by atoms with Gasteiger partial charge in [-0.2, -0.15) is 0 Å². The van der Waals surface area contributed by atoms with Gasteiger partial charge in [0.1, 0.15) is 11.8 Å². The molecule has 1 saturated carbocycles. The van der Waals surface area contributed by atoms with Crippen molar-refractivity contribution >= 4 is 41.7 Å². The van der Waals surface area contributed by atoms with Crippen LogP contribution in [0.1, 0.15) is 115 Å². The number of aryl methyl sites for hydroxylation is 1. The van der Waals surface area contributed by atoms with Gasteiger partial charge >= 0.3 is 0 Å². The minimum absolute atomic E-state index is 0.0151. The summed E-state index contributed by atoms with van der Waals surface area (Å²) in [7, 11) is 3.12. The van der Waals surface area contributed by atoms with Crippen LogP contribution in [0, 0.1) is 0 Å². The van der Waals surface area contributed by atoms with E-state index in [2.05, 4.69) is 35.1 Å². The molecule has 2 aliphatic rings. The van der Waals surface area contributed by atoms with Crippen LogP contribution in [0.25, 0.3) is 0 Å². The second-order valence-electron chi connectivity index (χ2n) is 14.9. The Hall–Kier alpha value is -5.31. The molecular formula is C45H70N6O9. The summed E-state index contributed by atoms with van der Waals surface area (Å²) in [5.74, 6) is -2.32. The van der Waals surface area contributed by atoms with Gasteiger partial charge in [-0.25, -0.2) is 0 Å². The van der Waals surface area contributed by atoms with E-state index >= 15 is 0 Å². The number of carbonyl (C=O) groups excluding carboxylic acids is 7. The normalized spacial score (nSPS) is 14.4. The van der Waals surface area contributed by atoms with Crippen molar-refractivity contribution in [3.05, 3.63) is 65.2 Å². The summed E-state index contributed by atoms with van der Waals surface area (Å²) in [6.07, 6.45) is 14.2. The number of likely N-dealkylation sites (tertiary alicyclic amines) is 1. The SMILES string of the molecule is C1CCCCC1.CCC.CCc1cc(CC(=O)NCC(=O)N2CCCC2C)cc(OCCCO)c1.CN(C)C(=O)C(NC(=O)CNC(=O)C(=O)CNC=O)c1ccccc1. The molecule has 2 unspecified atom stereocenters. The first-order valence-corrected chi connectivity index (χ1v) is 21.3. The third kappa shape index (κ3) is 22.2. The molecule has 5 N–H and O–H groups in total. The van der Waals surface area contributed by atoms with Crippen molar-refractivity contribution in [3.8, 4) is 5.75 Å². The molecule has 1 aliphatic heterocycles. The first kappa shape index (κ1) is 52.7. The van der Waals surface area contributed by atoms with Crippen molar-refractivity contribution < 1.29 is 43.4 Å². The molecule has 15 heteroatoms. The maximum absolute atomic E-state index is 12.3. The van der Waals surface area contributed by atoms with Crippen LogP contribution in [-0.2, 0) is 46.4 Å². The van der Waals surface area contributed by atoms with E-state index in [1.165, 1.54) is 49.8 Å². The van der Waals surface area contributed by atoms with Gasteiger partial charge in [0.25, 0.3) is 5.91 Å². The average molecular weight is 839 g/mol. The van der Waals surface area contributed by atoms with Crippen molar-refractivity contribution in [2.75, 3.05) is 53.5 Å². The number of aliphatic hydroxyl groups is 1. The van der Waals surface area contributed by atoms with Crippen molar-refractivity contribution in [3.63, 3.8) is 0 Å². The molecule has 60 heavy (non-hydrogen) atoms. The highest BCUT2D eigenvalue weighted by Crippen LogP contribution is 2.20. The Kier molecular flexibility index (Phi) is 27.8. The zero-order chi connectivity index (χ0) is 44.7. The van der Waals surface area contributed by atoms with Crippen molar-refractivity contribution in [1.29, 1.82) is 0 Å². The fourth-order valence-corrected chi connectivity index (χ4v) is 6.14. The lowest BCUT2D eigenvalue weighted by Crippen LogP contribution is -2.46. The molecule has 2 atom stereocenters. The summed E-state index contributed by atoms with van der Waals surface area (Å²) in [5.41, 5.74) is 2.55. The number of benzene rings is 2. The van der Waals surface area contributed by atoms with E-state index in [-0.39, 0.29) is 49.7 Å². The van der Waals surface area contributed by atoms with E-state index in [0.29, 0.717) is 24.3 Å². The monoisotopic (exact) mass is 839 g/mol. The second-order valence-corrected chi connectivity index (χ2v) is 14.9. The molecule has 1 saturated heterocycles. The second kappa shape index (κ2) is 31.6. The van der Waals surface area contributed by atoms with Crippen LogP contribution in [0.2, 0.25) is 0 Å². The fraction of sp³-hybridized carbons (Fsp3) is 0.578. The molecule has 6 amide bonds. The Labute approximate surface area is 356 Å². The number of amides is 6. The predicted octanol–water partition coefficient (Wildman–Crippen LogP) is 3.80. The topological polar surface area (TPSA) is 204 Å². The van der Waals surface area contributed by atoms with Crippen molar-refractivity contribution in [2.45, 2.75) is 117 Å². The first-order valence-electron chi connectivity index (χ1n) is 21.3. The lowest BCUT2D eigenvalue weighted by Gasteiger charge is -2.22. The van der Waals surface area contributed by atoms with Crippen LogP contribution in [0.4, 0.5) is 0 Å². The molecule has 0 spiro atoms. The largest absolute Gasteiger partial charge is 0.493 e. The Morgan fingerprint density at radius 3 is 2.00 bits per heavy atom. The van der Waals surface area contributed by atoms with Crippen LogP contribution >= 0.6 is 0 Å². The summed E-state index contributed by atoms with van der Waals surface area (Å²) >= 11 is 0. The van der Waals surface area contributed by atoms with Gasteiger partial charge in [0.15, 0.2) is 0 Å². The third-order valence-corrected chi connectivity index (χ3v) is 9.31. The Balaban J connectivity index is 0.000000496. The zero-order valence-corrected chi connectivity index (χ0v) is 36.7. The Morgan fingerprint density at radius 2 is 1.47 bits per heavy atom.